The quantitative estimate of drug-likeness (QED) is 0.682. The Labute approximate surface area is 72.2 Å². The van der Waals surface area contributed by atoms with Crippen molar-refractivity contribution in [1.29, 1.82) is 0 Å². The van der Waals surface area contributed by atoms with E-state index < -0.39 is 10.8 Å². The van der Waals surface area contributed by atoms with Crippen molar-refractivity contribution in [3.05, 3.63) is 0 Å². The van der Waals surface area contributed by atoms with Crippen LogP contribution in [0.2, 0.25) is 0 Å². The average Bonchev–Trinajstić information content (AvgIpc) is 1.87. The van der Waals surface area contributed by atoms with Gasteiger partial charge in [-0.15, -0.1) is 0 Å². The van der Waals surface area contributed by atoms with Crippen LogP contribution in [-0.2, 0) is 10.8 Å². The highest BCUT2D eigenvalue weighted by atomic mass is 32.2. The molecule has 0 fully saturated rings. The van der Waals surface area contributed by atoms with Gasteiger partial charge in [0.15, 0.2) is 0 Å². The number of rotatable bonds is 5. The molecule has 0 aliphatic rings. The lowest BCUT2D eigenvalue weighted by Crippen LogP contribution is -2.30. The Bertz CT molecular complexity index is 127. The molecule has 0 radical (unpaired) electrons. The summed E-state index contributed by atoms with van der Waals surface area (Å²) < 4.78 is 11.0. The van der Waals surface area contributed by atoms with E-state index in [2.05, 4.69) is 19.2 Å². The molecule has 68 valence electrons. The molecule has 0 heterocycles. The first-order valence-corrected chi connectivity index (χ1v) is 5.75. The molecular formula is C8H19NOS. The summed E-state index contributed by atoms with van der Waals surface area (Å²) in [6.07, 6.45) is 2.76. The minimum atomic E-state index is -0.674. The fourth-order valence-electron chi connectivity index (χ4n) is 1.07. The van der Waals surface area contributed by atoms with Crippen LogP contribution in [0.4, 0.5) is 0 Å². The van der Waals surface area contributed by atoms with E-state index in [-0.39, 0.29) is 0 Å². The highest BCUT2D eigenvalue weighted by molar-refractivity contribution is 7.84. The van der Waals surface area contributed by atoms with Gasteiger partial charge in [-0.1, -0.05) is 13.8 Å². The lowest BCUT2D eigenvalue weighted by atomic mass is 10.2. The Morgan fingerprint density at radius 2 is 2.00 bits per heavy atom. The zero-order valence-corrected chi connectivity index (χ0v) is 8.70. The molecule has 3 atom stereocenters. The molecule has 0 amide bonds. The van der Waals surface area contributed by atoms with Crippen LogP contribution in [0.25, 0.3) is 0 Å². The summed E-state index contributed by atoms with van der Waals surface area (Å²) in [7, 11) is -0.674. The van der Waals surface area contributed by atoms with Crippen molar-refractivity contribution in [2.75, 3.05) is 12.8 Å². The SMILES string of the molecule is CCNC(C)CC(C)S(C)=O. The second-order valence-electron chi connectivity index (χ2n) is 3.00. The maximum atomic E-state index is 11.0. The molecule has 1 N–H and O–H groups in total. The van der Waals surface area contributed by atoms with E-state index in [1.165, 1.54) is 0 Å². The van der Waals surface area contributed by atoms with Crippen LogP contribution < -0.4 is 5.32 Å². The molecule has 0 saturated carbocycles. The highest BCUT2D eigenvalue weighted by Gasteiger charge is 2.09. The van der Waals surface area contributed by atoms with Crippen molar-refractivity contribution in [2.24, 2.45) is 0 Å². The summed E-state index contributed by atoms with van der Waals surface area (Å²) in [6.45, 7) is 7.24. The zero-order chi connectivity index (χ0) is 8.85. The maximum Gasteiger partial charge on any atom is 0.0331 e. The highest BCUT2D eigenvalue weighted by Crippen LogP contribution is 2.02. The van der Waals surface area contributed by atoms with Crippen LogP contribution in [0.3, 0.4) is 0 Å². The third kappa shape index (κ3) is 5.39. The van der Waals surface area contributed by atoms with Crippen LogP contribution >= 0.6 is 0 Å². The molecule has 3 heteroatoms. The molecule has 0 aromatic carbocycles. The first kappa shape index (κ1) is 11.1. The summed E-state index contributed by atoms with van der Waals surface area (Å²) in [4.78, 5) is 0. The number of hydrogen-bond donors (Lipinski definition) is 1. The zero-order valence-electron chi connectivity index (χ0n) is 7.89. The minimum absolute atomic E-state index is 0.309. The van der Waals surface area contributed by atoms with Crippen LogP contribution in [0.1, 0.15) is 27.2 Å². The van der Waals surface area contributed by atoms with Crippen LogP contribution in [0, 0.1) is 0 Å². The fraction of sp³-hybridized carbons (Fsp3) is 1.00. The van der Waals surface area contributed by atoms with Gasteiger partial charge < -0.3 is 5.32 Å². The molecule has 0 aliphatic heterocycles. The van der Waals surface area contributed by atoms with Crippen molar-refractivity contribution in [2.45, 2.75) is 38.5 Å². The van der Waals surface area contributed by atoms with Gasteiger partial charge in [0.25, 0.3) is 0 Å². The van der Waals surface area contributed by atoms with Gasteiger partial charge in [0.05, 0.1) is 0 Å². The second kappa shape index (κ2) is 5.72. The Hall–Kier alpha value is 0.110. The molecule has 0 spiro atoms. The van der Waals surface area contributed by atoms with Gasteiger partial charge in [-0.3, -0.25) is 4.21 Å². The number of nitrogens with one attached hydrogen (secondary N) is 1. The molecular weight excluding hydrogens is 158 g/mol. The van der Waals surface area contributed by atoms with Crippen molar-refractivity contribution in [3.63, 3.8) is 0 Å². The van der Waals surface area contributed by atoms with Gasteiger partial charge in [0, 0.05) is 28.3 Å². The maximum absolute atomic E-state index is 11.0. The van der Waals surface area contributed by atoms with Crippen molar-refractivity contribution in [3.8, 4) is 0 Å². The topological polar surface area (TPSA) is 29.1 Å². The Morgan fingerprint density at radius 1 is 1.45 bits per heavy atom. The molecule has 0 aliphatic carbocycles. The van der Waals surface area contributed by atoms with E-state index in [1.54, 1.807) is 6.26 Å². The molecule has 0 bridgehead atoms. The Balaban J connectivity index is 3.56. The second-order valence-corrected chi connectivity index (χ2v) is 4.81. The largest absolute Gasteiger partial charge is 0.314 e. The normalized spacial score (nSPS) is 19.3. The monoisotopic (exact) mass is 177 g/mol. The van der Waals surface area contributed by atoms with E-state index in [0.29, 0.717) is 11.3 Å². The van der Waals surface area contributed by atoms with E-state index in [1.807, 2.05) is 6.92 Å². The van der Waals surface area contributed by atoms with Crippen LogP contribution in [0.5, 0.6) is 0 Å². The van der Waals surface area contributed by atoms with Gasteiger partial charge in [-0.05, 0) is 19.9 Å². The molecule has 0 saturated heterocycles. The predicted molar refractivity (Wildman–Crippen MR) is 51.3 cm³/mol. The van der Waals surface area contributed by atoms with Crippen LogP contribution in [0.15, 0.2) is 0 Å². The van der Waals surface area contributed by atoms with Crippen molar-refractivity contribution < 1.29 is 4.21 Å². The standard InChI is InChI=1S/C8H19NOS/c1-5-9-7(2)6-8(3)11(4)10/h7-9H,5-6H2,1-4H3. The lowest BCUT2D eigenvalue weighted by Gasteiger charge is -2.15. The summed E-state index contributed by atoms with van der Waals surface area (Å²) in [6, 6.07) is 0.485. The summed E-state index contributed by atoms with van der Waals surface area (Å²) in [5.41, 5.74) is 0. The first-order valence-electron chi connectivity index (χ1n) is 4.13. The fourth-order valence-corrected chi connectivity index (χ4v) is 1.62. The minimum Gasteiger partial charge on any atom is -0.314 e. The molecule has 0 rings (SSSR count). The summed E-state index contributed by atoms with van der Waals surface area (Å²) in [5.74, 6) is 0. The van der Waals surface area contributed by atoms with E-state index in [4.69, 9.17) is 0 Å². The molecule has 11 heavy (non-hydrogen) atoms. The summed E-state index contributed by atoms with van der Waals surface area (Å²) in [5, 5.41) is 3.61. The lowest BCUT2D eigenvalue weighted by molar-refractivity contribution is 0.524. The van der Waals surface area contributed by atoms with Gasteiger partial charge in [-0.25, -0.2) is 0 Å². The summed E-state index contributed by atoms with van der Waals surface area (Å²) >= 11 is 0. The van der Waals surface area contributed by atoms with Gasteiger partial charge >= 0.3 is 0 Å². The molecule has 0 aromatic heterocycles. The average molecular weight is 177 g/mol. The van der Waals surface area contributed by atoms with E-state index in [9.17, 15) is 4.21 Å². The third-order valence-corrected chi connectivity index (χ3v) is 3.13. The Morgan fingerprint density at radius 3 is 2.36 bits per heavy atom. The Kier molecular flexibility index (Phi) is 5.78. The first-order chi connectivity index (χ1) is 5.07. The molecule has 3 unspecified atom stereocenters. The van der Waals surface area contributed by atoms with Gasteiger partial charge in [0.1, 0.15) is 0 Å². The third-order valence-electron chi connectivity index (χ3n) is 1.80. The number of hydrogen-bond acceptors (Lipinski definition) is 2. The molecule has 0 aromatic rings. The van der Waals surface area contributed by atoms with E-state index in [0.717, 1.165) is 13.0 Å². The van der Waals surface area contributed by atoms with Gasteiger partial charge in [-0.2, -0.15) is 0 Å². The predicted octanol–water partition coefficient (Wildman–Crippen LogP) is 1.14. The van der Waals surface area contributed by atoms with Crippen molar-refractivity contribution in [1.82, 2.24) is 5.32 Å². The van der Waals surface area contributed by atoms with Crippen molar-refractivity contribution >= 4 is 10.8 Å². The van der Waals surface area contributed by atoms with Gasteiger partial charge in [0.2, 0.25) is 0 Å². The van der Waals surface area contributed by atoms with Crippen LogP contribution in [-0.4, -0.2) is 28.3 Å². The molecule has 2 nitrogen and oxygen atoms in total. The smallest absolute Gasteiger partial charge is 0.0331 e. The van der Waals surface area contributed by atoms with E-state index >= 15 is 0 Å².